The molecule has 1 aromatic heterocycles. The Balaban J connectivity index is 2.85. The minimum Gasteiger partial charge on any atom is -0.464 e. The van der Waals surface area contributed by atoms with Crippen molar-refractivity contribution in [2.24, 2.45) is 0 Å². The summed E-state index contributed by atoms with van der Waals surface area (Å²) in [5, 5.41) is 4.74. The number of halogens is 1. The molecular weight excluding hydrogens is 356 g/mol. The van der Waals surface area contributed by atoms with E-state index in [0.29, 0.717) is 35.7 Å². The Labute approximate surface area is 156 Å². The van der Waals surface area contributed by atoms with Crippen LogP contribution in [0, 0.1) is 0 Å². The Morgan fingerprint density at radius 3 is 2.35 bits per heavy atom. The molecule has 26 heavy (non-hydrogen) atoms. The van der Waals surface area contributed by atoms with Gasteiger partial charge in [0.25, 0.3) is 0 Å². The molecule has 0 fully saturated rings. The van der Waals surface area contributed by atoms with Gasteiger partial charge in [-0.25, -0.2) is 9.48 Å². The van der Waals surface area contributed by atoms with Crippen molar-refractivity contribution in [1.29, 1.82) is 0 Å². The van der Waals surface area contributed by atoms with Gasteiger partial charge in [-0.3, -0.25) is 9.59 Å². The molecule has 138 valence electrons. The van der Waals surface area contributed by atoms with E-state index in [1.807, 2.05) is 13.8 Å². The van der Waals surface area contributed by atoms with E-state index in [1.54, 1.807) is 24.3 Å². The van der Waals surface area contributed by atoms with Crippen molar-refractivity contribution >= 4 is 23.4 Å². The zero-order valence-electron chi connectivity index (χ0n) is 15.0. The quantitative estimate of drug-likeness (QED) is 0.545. The number of hydrogen-bond donors (Lipinski definition) is 0. The fourth-order valence-corrected chi connectivity index (χ4v) is 2.82. The van der Waals surface area contributed by atoms with Crippen molar-refractivity contribution in [3.05, 3.63) is 56.5 Å². The molecule has 0 aliphatic carbocycles. The second kappa shape index (κ2) is 8.76. The minimum absolute atomic E-state index is 0.0130. The van der Waals surface area contributed by atoms with Gasteiger partial charge in [-0.05, 0) is 37.1 Å². The summed E-state index contributed by atoms with van der Waals surface area (Å²) in [7, 11) is 1.17. The first-order chi connectivity index (χ1) is 12.4. The highest BCUT2D eigenvalue weighted by atomic mass is 35.5. The summed E-state index contributed by atoms with van der Waals surface area (Å²) >= 11 is 5.94. The highest BCUT2D eigenvalue weighted by Gasteiger charge is 2.26. The van der Waals surface area contributed by atoms with E-state index in [0.717, 1.165) is 0 Å². The molecule has 1 aromatic carbocycles. The summed E-state index contributed by atoms with van der Waals surface area (Å²) in [4.78, 5) is 37.5. The highest BCUT2D eigenvalue weighted by Crippen LogP contribution is 2.19. The SMILES string of the molecule is CCCC(=O)c1c(CCC)n(-c2ccc(Cl)cc2)nc(C(=O)OC)c1=O. The zero-order chi connectivity index (χ0) is 19.3. The maximum atomic E-state index is 12.8. The predicted octanol–water partition coefficient (Wildman–Crippen LogP) is 3.61. The molecule has 0 atom stereocenters. The van der Waals surface area contributed by atoms with Crippen molar-refractivity contribution in [3.8, 4) is 5.69 Å². The molecule has 0 unspecified atom stereocenters. The normalized spacial score (nSPS) is 10.6. The first kappa shape index (κ1) is 19.8. The van der Waals surface area contributed by atoms with Crippen LogP contribution in [0.5, 0.6) is 0 Å². The fraction of sp³-hybridized carbons (Fsp3) is 0.368. The Morgan fingerprint density at radius 2 is 1.81 bits per heavy atom. The molecule has 0 spiro atoms. The first-order valence-electron chi connectivity index (χ1n) is 8.48. The van der Waals surface area contributed by atoms with Crippen LogP contribution in [0.1, 0.15) is 59.7 Å². The van der Waals surface area contributed by atoms with E-state index in [1.165, 1.54) is 11.8 Å². The molecule has 7 heteroatoms. The highest BCUT2D eigenvalue weighted by molar-refractivity contribution is 6.30. The standard InChI is InChI=1S/C19H21ClN2O4/c1-4-6-14-16(15(23)7-5-2)18(24)17(19(25)26-3)21-22(14)13-10-8-12(20)9-11-13/h8-11H,4-7H2,1-3H3. The van der Waals surface area contributed by atoms with Gasteiger partial charge in [0.15, 0.2) is 5.78 Å². The molecule has 0 aliphatic heterocycles. The third kappa shape index (κ3) is 4.02. The first-order valence-corrected chi connectivity index (χ1v) is 8.86. The Morgan fingerprint density at radius 1 is 1.15 bits per heavy atom. The number of esters is 1. The molecule has 0 amide bonds. The van der Waals surface area contributed by atoms with Gasteiger partial charge in [-0.1, -0.05) is 31.9 Å². The van der Waals surface area contributed by atoms with Crippen molar-refractivity contribution < 1.29 is 14.3 Å². The van der Waals surface area contributed by atoms with Gasteiger partial charge in [0.1, 0.15) is 0 Å². The molecule has 0 saturated heterocycles. The molecule has 6 nitrogen and oxygen atoms in total. The van der Waals surface area contributed by atoms with Crippen LogP contribution in [-0.4, -0.2) is 28.6 Å². The molecular formula is C19H21ClN2O4. The Bertz CT molecular complexity index is 872. The molecule has 2 aromatic rings. The third-order valence-corrected chi connectivity index (χ3v) is 4.13. The summed E-state index contributed by atoms with van der Waals surface area (Å²) in [5.74, 6) is -1.16. The second-order valence-corrected chi connectivity index (χ2v) is 6.24. The lowest BCUT2D eigenvalue weighted by Gasteiger charge is -2.17. The van der Waals surface area contributed by atoms with Gasteiger partial charge in [0.05, 0.1) is 24.1 Å². The van der Waals surface area contributed by atoms with Crippen molar-refractivity contribution in [2.75, 3.05) is 7.11 Å². The molecule has 0 bridgehead atoms. The maximum absolute atomic E-state index is 12.8. The number of benzene rings is 1. The maximum Gasteiger partial charge on any atom is 0.362 e. The molecule has 0 radical (unpaired) electrons. The molecule has 0 saturated carbocycles. The molecule has 0 aliphatic rings. The van der Waals surface area contributed by atoms with Gasteiger partial charge >= 0.3 is 5.97 Å². The van der Waals surface area contributed by atoms with Crippen LogP contribution in [0.2, 0.25) is 5.02 Å². The summed E-state index contributed by atoms with van der Waals surface area (Å²) in [6, 6.07) is 6.79. The monoisotopic (exact) mass is 376 g/mol. The van der Waals surface area contributed by atoms with E-state index in [-0.39, 0.29) is 17.8 Å². The number of aromatic nitrogens is 2. The number of methoxy groups -OCH3 is 1. The third-order valence-electron chi connectivity index (χ3n) is 3.88. The Kier molecular flexibility index (Phi) is 6.69. The number of Topliss-reactive ketones (excluding diaryl/α,β-unsaturated/α-hetero) is 1. The Hall–Kier alpha value is -2.47. The molecule has 2 rings (SSSR count). The van der Waals surface area contributed by atoms with E-state index in [9.17, 15) is 14.4 Å². The minimum atomic E-state index is -0.869. The fourth-order valence-electron chi connectivity index (χ4n) is 2.69. The number of rotatable bonds is 7. The lowest BCUT2D eigenvalue weighted by atomic mass is 10.0. The van der Waals surface area contributed by atoms with Crippen LogP contribution in [0.15, 0.2) is 29.1 Å². The summed E-state index contributed by atoms with van der Waals surface area (Å²) < 4.78 is 6.14. The number of nitrogens with zero attached hydrogens (tertiary/aromatic N) is 2. The smallest absolute Gasteiger partial charge is 0.362 e. The largest absolute Gasteiger partial charge is 0.464 e. The van der Waals surface area contributed by atoms with Crippen LogP contribution in [0.4, 0.5) is 0 Å². The lowest BCUT2D eigenvalue weighted by Crippen LogP contribution is -2.31. The van der Waals surface area contributed by atoms with Gasteiger partial charge in [-0.2, -0.15) is 5.10 Å². The topological polar surface area (TPSA) is 78.3 Å². The lowest BCUT2D eigenvalue weighted by molar-refractivity contribution is 0.0590. The average molecular weight is 377 g/mol. The average Bonchev–Trinajstić information content (AvgIpc) is 2.62. The molecule has 0 N–H and O–H groups in total. The number of ketones is 1. The van der Waals surface area contributed by atoms with Crippen molar-refractivity contribution in [1.82, 2.24) is 9.78 Å². The van der Waals surface area contributed by atoms with Gasteiger partial charge in [0.2, 0.25) is 11.1 Å². The van der Waals surface area contributed by atoms with E-state index >= 15 is 0 Å². The summed E-state index contributed by atoms with van der Waals surface area (Å²) in [6.45, 7) is 3.80. The number of hydrogen-bond acceptors (Lipinski definition) is 5. The van der Waals surface area contributed by atoms with Crippen LogP contribution in [0.3, 0.4) is 0 Å². The van der Waals surface area contributed by atoms with Gasteiger partial charge < -0.3 is 4.74 Å². The van der Waals surface area contributed by atoms with Crippen molar-refractivity contribution in [2.45, 2.75) is 39.5 Å². The van der Waals surface area contributed by atoms with E-state index in [4.69, 9.17) is 11.6 Å². The number of ether oxygens (including phenoxy) is 1. The van der Waals surface area contributed by atoms with Gasteiger partial charge in [0, 0.05) is 11.4 Å². The van der Waals surface area contributed by atoms with Crippen LogP contribution >= 0.6 is 11.6 Å². The molecule has 1 heterocycles. The van der Waals surface area contributed by atoms with Crippen LogP contribution in [0.25, 0.3) is 5.69 Å². The zero-order valence-corrected chi connectivity index (χ0v) is 15.8. The number of carbonyl (C=O) groups excluding carboxylic acids is 2. The van der Waals surface area contributed by atoms with Crippen LogP contribution in [-0.2, 0) is 11.2 Å². The summed E-state index contributed by atoms with van der Waals surface area (Å²) in [6.07, 6.45) is 1.99. The van der Waals surface area contributed by atoms with Crippen molar-refractivity contribution in [3.63, 3.8) is 0 Å². The predicted molar refractivity (Wildman–Crippen MR) is 99.4 cm³/mol. The van der Waals surface area contributed by atoms with E-state index < -0.39 is 17.1 Å². The summed E-state index contributed by atoms with van der Waals surface area (Å²) in [5.41, 5.74) is 0.0317. The number of carbonyl (C=O) groups is 2. The second-order valence-electron chi connectivity index (χ2n) is 5.80. The van der Waals surface area contributed by atoms with Gasteiger partial charge in [-0.15, -0.1) is 0 Å². The van der Waals surface area contributed by atoms with Crippen LogP contribution < -0.4 is 5.43 Å². The van der Waals surface area contributed by atoms with E-state index in [2.05, 4.69) is 9.84 Å².